The van der Waals surface area contributed by atoms with Crippen LogP contribution in [0.3, 0.4) is 0 Å². The minimum Gasteiger partial charge on any atom is -0.383 e. The molecule has 1 unspecified atom stereocenters. The zero-order valence-corrected chi connectivity index (χ0v) is 12.7. The quantitative estimate of drug-likeness (QED) is 0.747. The van der Waals surface area contributed by atoms with E-state index < -0.39 is 0 Å². The number of hydrogen-bond acceptors (Lipinski definition) is 4. The van der Waals surface area contributed by atoms with Crippen LogP contribution in [0.25, 0.3) is 0 Å². The summed E-state index contributed by atoms with van der Waals surface area (Å²) in [5, 5.41) is 3.29. The predicted molar refractivity (Wildman–Crippen MR) is 79.6 cm³/mol. The molecule has 1 N–H and O–H groups in total. The molecule has 0 amide bonds. The first kappa shape index (κ1) is 15.2. The van der Waals surface area contributed by atoms with Crippen LogP contribution in [-0.2, 0) is 4.74 Å². The van der Waals surface area contributed by atoms with Crippen molar-refractivity contribution < 1.29 is 4.74 Å². The maximum atomic E-state index is 5.35. The van der Waals surface area contributed by atoms with Gasteiger partial charge in [-0.2, -0.15) is 0 Å². The molecule has 2 aliphatic rings. The second kappa shape index (κ2) is 8.20. The third kappa shape index (κ3) is 4.71. The highest BCUT2D eigenvalue weighted by atomic mass is 16.5. The molecule has 19 heavy (non-hydrogen) atoms. The van der Waals surface area contributed by atoms with E-state index in [0.29, 0.717) is 6.04 Å². The number of methoxy groups -OCH3 is 1. The van der Waals surface area contributed by atoms with Crippen molar-refractivity contribution in [3.8, 4) is 0 Å². The van der Waals surface area contributed by atoms with E-state index in [1.807, 2.05) is 14.2 Å². The van der Waals surface area contributed by atoms with Gasteiger partial charge in [-0.15, -0.1) is 0 Å². The fourth-order valence-electron chi connectivity index (χ4n) is 3.55. The molecule has 1 atom stereocenters. The molecule has 4 heteroatoms. The van der Waals surface area contributed by atoms with E-state index in [1.54, 1.807) is 0 Å². The molecule has 0 bridgehead atoms. The third-order valence-corrected chi connectivity index (χ3v) is 4.68. The normalized spacial score (nSPS) is 24.9. The Kier molecular flexibility index (Phi) is 6.57. The fraction of sp³-hybridized carbons (Fsp3) is 1.00. The predicted octanol–water partition coefficient (Wildman–Crippen LogP) is 1.03. The molecular weight excluding hydrogens is 238 g/mol. The molecule has 2 saturated heterocycles. The van der Waals surface area contributed by atoms with Gasteiger partial charge in [-0.25, -0.2) is 0 Å². The Morgan fingerprint density at radius 1 is 1.16 bits per heavy atom. The van der Waals surface area contributed by atoms with E-state index in [2.05, 4.69) is 15.1 Å². The fourth-order valence-corrected chi connectivity index (χ4v) is 3.55. The first-order valence-corrected chi connectivity index (χ1v) is 7.93. The molecular formula is C15H31N3O. The average Bonchev–Trinajstić information content (AvgIpc) is 2.92. The van der Waals surface area contributed by atoms with Crippen molar-refractivity contribution in [2.45, 2.75) is 31.7 Å². The molecule has 0 radical (unpaired) electrons. The van der Waals surface area contributed by atoms with Gasteiger partial charge in [-0.05, 0) is 64.8 Å². The Balaban J connectivity index is 1.70. The molecule has 0 aliphatic carbocycles. The molecule has 0 aromatic rings. The lowest BCUT2D eigenvalue weighted by Crippen LogP contribution is -2.49. The van der Waals surface area contributed by atoms with Gasteiger partial charge in [0.1, 0.15) is 0 Å². The van der Waals surface area contributed by atoms with Crippen molar-refractivity contribution in [2.75, 3.05) is 60.0 Å². The number of nitrogens with zero attached hydrogens (tertiary/aromatic N) is 2. The highest BCUT2D eigenvalue weighted by molar-refractivity contribution is 4.81. The molecule has 0 aromatic carbocycles. The highest BCUT2D eigenvalue weighted by Crippen LogP contribution is 2.21. The lowest BCUT2D eigenvalue weighted by atomic mass is 9.95. The van der Waals surface area contributed by atoms with Crippen molar-refractivity contribution in [1.82, 2.24) is 15.1 Å². The van der Waals surface area contributed by atoms with Crippen LogP contribution in [0.5, 0.6) is 0 Å². The minimum atomic E-state index is 0.544. The number of hydrogen-bond donors (Lipinski definition) is 1. The second-order valence-electron chi connectivity index (χ2n) is 6.15. The van der Waals surface area contributed by atoms with Crippen molar-refractivity contribution in [3.05, 3.63) is 0 Å². The number of piperidine rings is 1. The minimum absolute atomic E-state index is 0.544. The number of likely N-dealkylation sites (tertiary alicyclic amines) is 2. The Morgan fingerprint density at radius 2 is 1.84 bits per heavy atom. The van der Waals surface area contributed by atoms with E-state index in [4.69, 9.17) is 4.74 Å². The van der Waals surface area contributed by atoms with Gasteiger partial charge in [0.25, 0.3) is 0 Å². The molecule has 2 aliphatic heterocycles. The van der Waals surface area contributed by atoms with Crippen LogP contribution in [0.1, 0.15) is 25.7 Å². The SMILES string of the molecule is CNCC(COC)N1CCC(CN2CCCC2)CC1. The molecule has 4 nitrogen and oxygen atoms in total. The number of nitrogens with one attached hydrogen (secondary N) is 1. The number of ether oxygens (including phenoxy) is 1. The van der Waals surface area contributed by atoms with Crippen LogP contribution < -0.4 is 5.32 Å². The van der Waals surface area contributed by atoms with E-state index in [1.165, 1.54) is 58.4 Å². The summed E-state index contributed by atoms with van der Waals surface area (Å²) < 4.78 is 5.35. The van der Waals surface area contributed by atoms with Gasteiger partial charge in [0, 0.05) is 26.2 Å². The van der Waals surface area contributed by atoms with Crippen LogP contribution in [-0.4, -0.2) is 75.9 Å². The molecule has 0 spiro atoms. The van der Waals surface area contributed by atoms with Gasteiger partial charge in [-0.1, -0.05) is 0 Å². The summed E-state index contributed by atoms with van der Waals surface area (Å²) in [7, 11) is 3.84. The first-order chi connectivity index (χ1) is 9.33. The summed E-state index contributed by atoms with van der Waals surface area (Å²) in [5.74, 6) is 0.923. The Labute approximate surface area is 118 Å². The van der Waals surface area contributed by atoms with Crippen LogP contribution >= 0.6 is 0 Å². The van der Waals surface area contributed by atoms with Crippen molar-refractivity contribution in [2.24, 2.45) is 5.92 Å². The van der Waals surface area contributed by atoms with Crippen molar-refractivity contribution in [1.29, 1.82) is 0 Å². The van der Waals surface area contributed by atoms with Gasteiger partial charge in [0.15, 0.2) is 0 Å². The van der Waals surface area contributed by atoms with Gasteiger partial charge in [0.2, 0.25) is 0 Å². The van der Waals surface area contributed by atoms with Gasteiger partial charge in [-0.3, -0.25) is 4.90 Å². The number of rotatable bonds is 7. The van der Waals surface area contributed by atoms with Crippen LogP contribution in [0.2, 0.25) is 0 Å². The highest BCUT2D eigenvalue weighted by Gasteiger charge is 2.26. The number of likely N-dealkylation sites (N-methyl/N-ethyl adjacent to an activating group) is 1. The molecule has 2 fully saturated rings. The van der Waals surface area contributed by atoms with E-state index in [0.717, 1.165) is 19.1 Å². The molecule has 2 rings (SSSR count). The van der Waals surface area contributed by atoms with E-state index >= 15 is 0 Å². The summed E-state index contributed by atoms with van der Waals surface area (Å²) in [6, 6.07) is 0.544. The summed E-state index contributed by atoms with van der Waals surface area (Å²) in [4.78, 5) is 5.28. The average molecular weight is 269 g/mol. The Morgan fingerprint density at radius 3 is 2.42 bits per heavy atom. The van der Waals surface area contributed by atoms with E-state index in [9.17, 15) is 0 Å². The Hall–Kier alpha value is -0.160. The summed E-state index contributed by atoms with van der Waals surface area (Å²) in [5.41, 5.74) is 0. The zero-order chi connectivity index (χ0) is 13.5. The largest absolute Gasteiger partial charge is 0.383 e. The standard InChI is InChI=1S/C15H31N3O/c1-16-11-15(13-19-2)18-9-5-14(6-10-18)12-17-7-3-4-8-17/h14-16H,3-13H2,1-2H3. The maximum absolute atomic E-state index is 5.35. The van der Waals surface area contributed by atoms with Crippen LogP contribution in [0.15, 0.2) is 0 Å². The third-order valence-electron chi connectivity index (χ3n) is 4.68. The van der Waals surface area contributed by atoms with Crippen molar-refractivity contribution >= 4 is 0 Å². The summed E-state index contributed by atoms with van der Waals surface area (Å²) in [6.45, 7) is 8.39. The second-order valence-corrected chi connectivity index (χ2v) is 6.15. The molecule has 0 aromatic heterocycles. The maximum Gasteiger partial charge on any atom is 0.0630 e. The Bertz CT molecular complexity index is 230. The van der Waals surface area contributed by atoms with Gasteiger partial charge in [0.05, 0.1) is 6.61 Å². The van der Waals surface area contributed by atoms with Crippen molar-refractivity contribution in [3.63, 3.8) is 0 Å². The monoisotopic (exact) mass is 269 g/mol. The smallest absolute Gasteiger partial charge is 0.0630 e. The van der Waals surface area contributed by atoms with Crippen LogP contribution in [0, 0.1) is 5.92 Å². The topological polar surface area (TPSA) is 27.7 Å². The molecule has 112 valence electrons. The van der Waals surface area contributed by atoms with Gasteiger partial charge < -0.3 is 15.0 Å². The molecule has 0 saturated carbocycles. The van der Waals surface area contributed by atoms with Gasteiger partial charge >= 0.3 is 0 Å². The summed E-state index contributed by atoms with van der Waals surface area (Å²) >= 11 is 0. The molecule has 2 heterocycles. The lowest BCUT2D eigenvalue weighted by Gasteiger charge is -2.38. The zero-order valence-electron chi connectivity index (χ0n) is 12.7. The lowest BCUT2D eigenvalue weighted by molar-refractivity contribution is 0.0600. The van der Waals surface area contributed by atoms with Crippen LogP contribution in [0.4, 0.5) is 0 Å². The van der Waals surface area contributed by atoms with E-state index in [-0.39, 0.29) is 0 Å². The summed E-state index contributed by atoms with van der Waals surface area (Å²) in [6.07, 6.45) is 5.55. The first-order valence-electron chi connectivity index (χ1n) is 7.93.